The number of rotatable bonds is 10. The van der Waals surface area contributed by atoms with E-state index in [1.54, 1.807) is 14.0 Å². The van der Waals surface area contributed by atoms with Crippen LogP contribution in [0.15, 0.2) is 0 Å². The van der Waals surface area contributed by atoms with E-state index in [1.165, 1.54) is 26.2 Å². The number of nitrogens with zero attached hydrogens (tertiary/aromatic N) is 1. The molecule has 2 N–H and O–H groups in total. The molecule has 1 aromatic rings. The second kappa shape index (κ2) is 11.4. The van der Waals surface area contributed by atoms with Gasteiger partial charge in [-0.3, -0.25) is 14.5 Å². The summed E-state index contributed by atoms with van der Waals surface area (Å²) in [5, 5.41) is 5.44. The van der Waals surface area contributed by atoms with E-state index in [4.69, 9.17) is 14.2 Å². The molecule has 0 bridgehead atoms. The fraction of sp³-hybridized carbons (Fsp3) is 0.529. The Labute approximate surface area is 167 Å². The first-order valence-corrected chi connectivity index (χ1v) is 9.10. The molecule has 0 fully saturated rings. The van der Waals surface area contributed by atoms with Crippen molar-refractivity contribution in [3.8, 4) is 0 Å². The predicted molar refractivity (Wildman–Crippen MR) is 103 cm³/mol. The third-order valence-corrected chi connectivity index (χ3v) is 4.80. The highest BCUT2D eigenvalue weighted by Crippen LogP contribution is 2.34. The van der Waals surface area contributed by atoms with Crippen molar-refractivity contribution in [2.24, 2.45) is 0 Å². The van der Waals surface area contributed by atoms with Gasteiger partial charge in [0.25, 0.3) is 0 Å². The van der Waals surface area contributed by atoms with Gasteiger partial charge in [-0.2, -0.15) is 0 Å². The fourth-order valence-corrected chi connectivity index (χ4v) is 3.43. The normalized spacial score (nSPS) is 10.5. The van der Waals surface area contributed by atoms with E-state index in [1.807, 2.05) is 0 Å². The number of thiophene rings is 1. The zero-order valence-corrected chi connectivity index (χ0v) is 17.4. The molecule has 1 rings (SSSR count). The molecule has 1 aromatic heterocycles. The van der Waals surface area contributed by atoms with E-state index in [-0.39, 0.29) is 34.4 Å². The minimum Gasteiger partial charge on any atom is -0.465 e. The number of ether oxygens (including phenoxy) is 3. The molecule has 0 aliphatic carbocycles. The quantitative estimate of drug-likeness (QED) is 0.412. The zero-order chi connectivity index (χ0) is 21.3. The molecular formula is C17H25N3O7S. The van der Waals surface area contributed by atoms with Gasteiger partial charge in [-0.25, -0.2) is 9.59 Å². The Balaban J connectivity index is 2.81. The first kappa shape index (κ1) is 23.5. The van der Waals surface area contributed by atoms with Gasteiger partial charge in [0, 0.05) is 13.7 Å². The molecule has 0 aliphatic heterocycles. The van der Waals surface area contributed by atoms with Crippen LogP contribution in [-0.4, -0.2) is 83.3 Å². The zero-order valence-electron chi connectivity index (χ0n) is 16.5. The largest absolute Gasteiger partial charge is 0.465 e. The minimum absolute atomic E-state index is 0.0118. The molecule has 0 unspecified atom stereocenters. The number of carbonyl (C=O) groups excluding carboxylic acids is 4. The molecule has 156 valence electrons. The number of likely N-dealkylation sites (N-methyl/N-ethyl adjacent to an activating group) is 1. The summed E-state index contributed by atoms with van der Waals surface area (Å²) >= 11 is 0.926. The van der Waals surface area contributed by atoms with Crippen molar-refractivity contribution in [2.75, 3.05) is 59.9 Å². The summed E-state index contributed by atoms with van der Waals surface area (Å²) in [6.07, 6.45) is 0. The first-order chi connectivity index (χ1) is 13.2. The van der Waals surface area contributed by atoms with E-state index < -0.39 is 17.8 Å². The van der Waals surface area contributed by atoms with E-state index >= 15 is 0 Å². The van der Waals surface area contributed by atoms with Crippen molar-refractivity contribution >= 4 is 40.1 Å². The van der Waals surface area contributed by atoms with Gasteiger partial charge in [0.2, 0.25) is 11.8 Å². The van der Waals surface area contributed by atoms with Gasteiger partial charge in [-0.1, -0.05) is 0 Å². The molecule has 0 saturated carbocycles. The van der Waals surface area contributed by atoms with Crippen molar-refractivity contribution in [3.63, 3.8) is 0 Å². The topological polar surface area (TPSA) is 123 Å². The Kier molecular flexibility index (Phi) is 9.56. The summed E-state index contributed by atoms with van der Waals surface area (Å²) in [5.41, 5.74) is 0.464. The van der Waals surface area contributed by atoms with Crippen LogP contribution in [0, 0.1) is 6.92 Å². The van der Waals surface area contributed by atoms with Crippen molar-refractivity contribution in [1.29, 1.82) is 0 Å². The summed E-state index contributed by atoms with van der Waals surface area (Å²) in [4.78, 5) is 49.7. The monoisotopic (exact) mass is 415 g/mol. The van der Waals surface area contributed by atoms with Crippen LogP contribution in [0.3, 0.4) is 0 Å². The maximum atomic E-state index is 12.3. The maximum Gasteiger partial charge on any atom is 0.348 e. The number of carbonyl (C=O) groups is 4. The molecular weight excluding hydrogens is 390 g/mol. The SMILES string of the molecule is COCCNC(=O)CN(C)CC(=O)Nc1sc(C(=O)OC)c(C)c1C(=O)OC. The lowest BCUT2D eigenvalue weighted by Gasteiger charge is -2.16. The maximum absolute atomic E-state index is 12.3. The Hall–Kier alpha value is -2.50. The number of hydrogen-bond acceptors (Lipinski definition) is 9. The average molecular weight is 415 g/mol. The lowest BCUT2D eigenvalue weighted by molar-refractivity contribution is -0.123. The third-order valence-electron chi connectivity index (χ3n) is 3.62. The highest BCUT2D eigenvalue weighted by Gasteiger charge is 2.27. The molecule has 28 heavy (non-hydrogen) atoms. The Morgan fingerprint density at radius 2 is 1.61 bits per heavy atom. The van der Waals surface area contributed by atoms with Crippen molar-refractivity contribution in [2.45, 2.75) is 6.92 Å². The van der Waals surface area contributed by atoms with Crippen LogP contribution in [0.1, 0.15) is 25.6 Å². The van der Waals surface area contributed by atoms with Crippen LogP contribution in [0.4, 0.5) is 5.00 Å². The van der Waals surface area contributed by atoms with Crippen LogP contribution in [0.25, 0.3) is 0 Å². The molecule has 1 heterocycles. The smallest absolute Gasteiger partial charge is 0.348 e. The molecule has 11 heteroatoms. The van der Waals surface area contributed by atoms with Gasteiger partial charge in [-0.15, -0.1) is 11.3 Å². The standard InChI is InChI=1S/C17H25N3O7S/c1-10-13(16(23)26-4)15(28-14(10)17(24)27-5)19-12(22)9-20(2)8-11(21)18-6-7-25-3/h6-9H2,1-5H3,(H,18,21)(H,19,22). The highest BCUT2D eigenvalue weighted by atomic mass is 32.1. The average Bonchev–Trinajstić information content (AvgIpc) is 2.96. The highest BCUT2D eigenvalue weighted by molar-refractivity contribution is 7.18. The summed E-state index contributed by atoms with van der Waals surface area (Å²) in [5.74, 6) is -1.99. The van der Waals surface area contributed by atoms with Gasteiger partial charge in [-0.05, 0) is 19.5 Å². The van der Waals surface area contributed by atoms with Gasteiger partial charge >= 0.3 is 11.9 Å². The lowest BCUT2D eigenvalue weighted by Crippen LogP contribution is -2.39. The van der Waals surface area contributed by atoms with Crippen LogP contribution >= 0.6 is 11.3 Å². The number of nitrogens with one attached hydrogen (secondary N) is 2. The van der Waals surface area contributed by atoms with Crippen LogP contribution in [0.2, 0.25) is 0 Å². The van der Waals surface area contributed by atoms with Gasteiger partial charge in [0.05, 0.1) is 39.5 Å². The lowest BCUT2D eigenvalue weighted by atomic mass is 10.1. The molecule has 0 atom stereocenters. The molecule has 0 saturated heterocycles. The first-order valence-electron chi connectivity index (χ1n) is 8.29. The fourth-order valence-electron chi connectivity index (χ4n) is 2.30. The summed E-state index contributed by atoms with van der Waals surface area (Å²) < 4.78 is 14.3. The third kappa shape index (κ3) is 6.59. The van der Waals surface area contributed by atoms with Gasteiger partial charge in [0.15, 0.2) is 0 Å². The van der Waals surface area contributed by atoms with Crippen molar-refractivity contribution in [3.05, 3.63) is 16.0 Å². The van der Waals surface area contributed by atoms with Gasteiger partial charge < -0.3 is 24.8 Å². The predicted octanol–water partition coefficient (Wildman–Crippen LogP) is 0.263. The summed E-state index contributed by atoms with van der Waals surface area (Å²) in [6, 6.07) is 0. The van der Waals surface area contributed by atoms with E-state index in [9.17, 15) is 19.2 Å². The number of hydrogen-bond donors (Lipinski definition) is 2. The number of methoxy groups -OCH3 is 3. The Morgan fingerprint density at radius 3 is 2.18 bits per heavy atom. The minimum atomic E-state index is -0.676. The van der Waals surface area contributed by atoms with Crippen LogP contribution in [0.5, 0.6) is 0 Å². The van der Waals surface area contributed by atoms with Crippen LogP contribution < -0.4 is 10.6 Å². The molecule has 0 aromatic carbocycles. The second-order valence-corrected chi connectivity index (χ2v) is 6.83. The molecule has 0 aliphatic rings. The molecule has 10 nitrogen and oxygen atoms in total. The number of amides is 2. The number of esters is 2. The van der Waals surface area contributed by atoms with E-state index in [0.29, 0.717) is 18.7 Å². The van der Waals surface area contributed by atoms with Crippen molar-refractivity contribution < 1.29 is 33.4 Å². The van der Waals surface area contributed by atoms with Gasteiger partial charge in [0.1, 0.15) is 9.88 Å². The summed E-state index contributed by atoms with van der Waals surface area (Å²) in [7, 11) is 5.57. The Morgan fingerprint density at radius 1 is 1.00 bits per heavy atom. The van der Waals surface area contributed by atoms with E-state index in [2.05, 4.69) is 10.6 Å². The molecule has 0 spiro atoms. The van der Waals surface area contributed by atoms with E-state index in [0.717, 1.165) is 11.3 Å². The number of anilines is 1. The Bertz CT molecular complexity index is 733. The van der Waals surface area contributed by atoms with Crippen LogP contribution in [-0.2, 0) is 23.8 Å². The van der Waals surface area contributed by atoms with Crippen molar-refractivity contribution in [1.82, 2.24) is 10.2 Å². The molecule has 2 amide bonds. The second-order valence-electron chi connectivity index (χ2n) is 5.81. The molecule has 0 radical (unpaired) electrons. The summed E-state index contributed by atoms with van der Waals surface area (Å²) in [6.45, 7) is 2.26.